The molecular weight excluding hydrogens is 246 g/mol. The minimum atomic E-state index is -0.407. The van der Waals surface area contributed by atoms with E-state index in [-0.39, 0.29) is 5.75 Å². The van der Waals surface area contributed by atoms with Gasteiger partial charge in [0.05, 0.1) is 25.0 Å². The summed E-state index contributed by atoms with van der Waals surface area (Å²) in [7, 11) is 0. The van der Waals surface area contributed by atoms with Crippen LogP contribution in [0.25, 0.3) is 0 Å². The van der Waals surface area contributed by atoms with Gasteiger partial charge in [-0.1, -0.05) is 0 Å². The van der Waals surface area contributed by atoms with Gasteiger partial charge in [0.15, 0.2) is 12.0 Å². The highest BCUT2D eigenvalue weighted by molar-refractivity contribution is 5.38. The summed E-state index contributed by atoms with van der Waals surface area (Å²) >= 11 is 0. The first-order chi connectivity index (χ1) is 9.33. The number of rotatable bonds is 3. The second kappa shape index (κ2) is 5.26. The van der Waals surface area contributed by atoms with Crippen LogP contribution in [0.2, 0.25) is 0 Å². The van der Waals surface area contributed by atoms with Gasteiger partial charge in [0.25, 0.3) is 0 Å². The zero-order chi connectivity index (χ0) is 13.1. The van der Waals surface area contributed by atoms with E-state index in [9.17, 15) is 5.11 Å². The molecule has 5 nitrogen and oxygen atoms in total. The summed E-state index contributed by atoms with van der Waals surface area (Å²) in [6.45, 7) is 1.15. The first kappa shape index (κ1) is 12.0. The van der Waals surface area contributed by atoms with Crippen LogP contribution in [0, 0.1) is 0 Å². The highest BCUT2D eigenvalue weighted by atomic mass is 16.7. The number of aromatic hydroxyl groups is 1. The molecule has 0 bridgehead atoms. The van der Waals surface area contributed by atoms with Crippen molar-refractivity contribution in [3.8, 4) is 17.2 Å². The molecule has 1 aromatic heterocycles. The third kappa shape index (κ3) is 2.67. The molecule has 1 aromatic carbocycles. The molecule has 0 unspecified atom stereocenters. The molecule has 1 saturated heterocycles. The average molecular weight is 259 g/mol. The summed E-state index contributed by atoms with van der Waals surface area (Å²) in [5, 5.41) is 9.24. The number of aromatic nitrogens is 1. The van der Waals surface area contributed by atoms with E-state index in [2.05, 4.69) is 4.98 Å². The zero-order valence-electron chi connectivity index (χ0n) is 10.2. The van der Waals surface area contributed by atoms with Gasteiger partial charge >= 0.3 is 0 Å². The fourth-order valence-electron chi connectivity index (χ4n) is 1.85. The van der Waals surface area contributed by atoms with Crippen LogP contribution in [0.5, 0.6) is 17.2 Å². The number of nitrogens with zero attached hydrogens (tertiary/aromatic N) is 1. The highest BCUT2D eigenvalue weighted by Crippen LogP contribution is 2.33. The Kier molecular flexibility index (Phi) is 3.31. The van der Waals surface area contributed by atoms with Crippen molar-refractivity contribution >= 4 is 0 Å². The molecule has 0 spiro atoms. The predicted octanol–water partition coefficient (Wildman–Crippen LogP) is 2.62. The maximum Gasteiger partial charge on any atom is 0.187 e. The van der Waals surface area contributed by atoms with Crippen molar-refractivity contribution < 1.29 is 19.3 Å². The Hall–Kier alpha value is -2.11. The topological polar surface area (TPSA) is 60.8 Å². The van der Waals surface area contributed by atoms with Crippen molar-refractivity contribution in [3.63, 3.8) is 0 Å². The molecule has 0 aliphatic carbocycles. The van der Waals surface area contributed by atoms with Crippen molar-refractivity contribution in [2.24, 2.45) is 0 Å². The lowest BCUT2D eigenvalue weighted by Crippen LogP contribution is -2.01. The van der Waals surface area contributed by atoms with E-state index in [0.29, 0.717) is 24.7 Å². The number of benzene rings is 1. The van der Waals surface area contributed by atoms with Crippen molar-refractivity contribution in [2.75, 3.05) is 13.2 Å². The molecule has 5 heteroatoms. The van der Waals surface area contributed by atoms with Crippen LogP contribution in [0.15, 0.2) is 42.7 Å². The van der Waals surface area contributed by atoms with Crippen LogP contribution in [-0.4, -0.2) is 23.3 Å². The number of pyridine rings is 1. The standard InChI is InChI=1S/C14H13NO4/c16-10-1-3-11(4-2-10)19-13-9-15-6-5-12(13)14-17-7-8-18-14/h1-6,9,14,16H,7-8H2. The number of hydrogen-bond acceptors (Lipinski definition) is 5. The van der Waals surface area contributed by atoms with Gasteiger partial charge < -0.3 is 19.3 Å². The lowest BCUT2D eigenvalue weighted by atomic mass is 10.2. The van der Waals surface area contributed by atoms with Gasteiger partial charge in [-0.25, -0.2) is 0 Å². The summed E-state index contributed by atoms with van der Waals surface area (Å²) in [5.41, 5.74) is 0.806. The van der Waals surface area contributed by atoms with Crippen molar-refractivity contribution in [1.82, 2.24) is 4.98 Å². The van der Waals surface area contributed by atoms with Gasteiger partial charge in [0.1, 0.15) is 11.5 Å². The average Bonchev–Trinajstić information content (AvgIpc) is 2.96. The predicted molar refractivity (Wildman–Crippen MR) is 67.1 cm³/mol. The van der Waals surface area contributed by atoms with Crippen molar-refractivity contribution in [3.05, 3.63) is 48.3 Å². The smallest absolute Gasteiger partial charge is 0.187 e. The minimum absolute atomic E-state index is 0.196. The van der Waals surface area contributed by atoms with E-state index >= 15 is 0 Å². The molecule has 1 aliphatic heterocycles. The second-order valence-corrected chi connectivity index (χ2v) is 4.08. The lowest BCUT2D eigenvalue weighted by Gasteiger charge is -2.14. The number of phenols is 1. The molecule has 1 aliphatic rings. The van der Waals surface area contributed by atoms with Crippen LogP contribution >= 0.6 is 0 Å². The maximum absolute atomic E-state index is 9.24. The third-order valence-electron chi connectivity index (χ3n) is 2.76. The molecule has 19 heavy (non-hydrogen) atoms. The Labute approximate surface area is 110 Å². The zero-order valence-corrected chi connectivity index (χ0v) is 10.2. The first-order valence-corrected chi connectivity index (χ1v) is 5.97. The molecule has 1 N–H and O–H groups in total. The van der Waals surface area contributed by atoms with E-state index < -0.39 is 6.29 Å². The van der Waals surface area contributed by atoms with E-state index in [1.54, 1.807) is 36.7 Å². The molecule has 98 valence electrons. The Balaban J connectivity index is 1.85. The normalized spacial score (nSPS) is 15.6. The summed E-state index contributed by atoms with van der Waals surface area (Å²) in [4.78, 5) is 4.04. The summed E-state index contributed by atoms with van der Waals surface area (Å²) < 4.78 is 16.7. The van der Waals surface area contributed by atoms with Crippen molar-refractivity contribution in [2.45, 2.75) is 6.29 Å². The Morgan fingerprint density at radius 3 is 2.58 bits per heavy atom. The molecule has 0 atom stereocenters. The van der Waals surface area contributed by atoms with E-state index in [0.717, 1.165) is 5.56 Å². The summed E-state index contributed by atoms with van der Waals surface area (Å²) in [6.07, 6.45) is 2.88. The van der Waals surface area contributed by atoms with Crippen LogP contribution in [0.3, 0.4) is 0 Å². The molecule has 3 rings (SSSR count). The molecule has 2 aromatic rings. The third-order valence-corrected chi connectivity index (χ3v) is 2.76. The molecule has 0 saturated carbocycles. The number of ether oxygens (including phenoxy) is 3. The molecule has 0 amide bonds. The van der Waals surface area contributed by atoms with Gasteiger partial charge in [0, 0.05) is 6.20 Å². The SMILES string of the molecule is Oc1ccc(Oc2cnccc2C2OCCO2)cc1. The first-order valence-electron chi connectivity index (χ1n) is 5.97. The van der Waals surface area contributed by atoms with Crippen LogP contribution in [0.4, 0.5) is 0 Å². The molecule has 0 radical (unpaired) electrons. The summed E-state index contributed by atoms with van der Waals surface area (Å²) in [6, 6.07) is 8.30. The monoisotopic (exact) mass is 259 g/mol. The van der Waals surface area contributed by atoms with Gasteiger partial charge in [-0.05, 0) is 30.3 Å². The fourth-order valence-corrected chi connectivity index (χ4v) is 1.85. The van der Waals surface area contributed by atoms with Gasteiger partial charge in [-0.15, -0.1) is 0 Å². The van der Waals surface area contributed by atoms with E-state index in [1.807, 2.05) is 6.07 Å². The molecule has 1 fully saturated rings. The highest BCUT2D eigenvalue weighted by Gasteiger charge is 2.22. The maximum atomic E-state index is 9.24. The number of phenolic OH excluding ortho intramolecular Hbond substituents is 1. The van der Waals surface area contributed by atoms with Crippen LogP contribution in [0.1, 0.15) is 11.9 Å². The summed E-state index contributed by atoms with van der Waals surface area (Å²) in [5.74, 6) is 1.39. The molecular formula is C14H13NO4. The van der Waals surface area contributed by atoms with Crippen LogP contribution < -0.4 is 4.74 Å². The largest absolute Gasteiger partial charge is 0.508 e. The fraction of sp³-hybridized carbons (Fsp3) is 0.214. The Morgan fingerprint density at radius 1 is 1.11 bits per heavy atom. The van der Waals surface area contributed by atoms with E-state index in [1.165, 1.54) is 0 Å². The Bertz CT molecular complexity index is 550. The Morgan fingerprint density at radius 2 is 1.84 bits per heavy atom. The molecule has 2 heterocycles. The number of hydrogen-bond donors (Lipinski definition) is 1. The minimum Gasteiger partial charge on any atom is -0.508 e. The van der Waals surface area contributed by atoms with Crippen LogP contribution in [-0.2, 0) is 9.47 Å². The van der Waals surface area contributed by atoms with Crippen molar-refractivity contribution in [1.29, 1.82) is 0 Å². The lowest BCUT2D eigenvalue weighted by molar-refractivity contribution is -0.0453. The van der Waals surface area contributed by atoms with E-state index in [4.69, 9.17) is 14.2 Å². The van der Waals surface area contributed by atoms with Gasteiger partial charge in [-0.2, -0.15) is 0 Å². The second-order valence-electron chi connectivity index (χ2n) is 4.08. The van der Waals surface area contributed by atoms with Gasteiger partial charge in [-0.3, -0.25) is 4.98 Å². The quantitative estimate of drug-likeness (QED) is 0.918. The van der Waals surface area contributed by atoms with Gasteiger partial charge in [0.2, 0.25) is 0 Å².